The van der Waals surface area contributed by atoms with Crippen LogP contribution in [-0.4, -0.2) is 9.97 Å². The average Bonchev–Trinajstić information content (AvgIpc) is 3.19. The van der Waals surface area contributed by atoms with E-state index >= 15 is 0 Å². The first-order valence-electron chi connectivity index (χ1n) is 11.0. The molecule has 1 aliphatic carbocycles. The van der Waals surface area contributed by atoms with Crippen molar-refractivity contribution in [1.82, 2.24) is 9.97 Å². The fourth-order valence-corrected chi connectivity index (χ4v) is 5.11. The predicted molar refractivity (Wildman–Crippen MR) is 123 cm³/mol. The maximum absolute atomic E-state index is 6.32. The molecule has 5 aromatic rings. The normalized spacial score (nSPS) is 15.4. The first kappa shape index (κ1) is 17.6. The van der Waals surface area contributed by atoms with Crippen molar-refractivity contribution in [1.29, 1.82) is 0 Å². The smallest absolute Gasteiger partial charge is 0.227 e. The molecule has 3 aromatic heterocycles. The SMILES string of the molecule is Cc1ccc2c(oc3ncc4ccccc4c32)c1-c1ccc(C2CCCCC2)cn1. The maximum atomic E-state index is 6.32. The minimum absolute atomic E-state index is 0.666. The third-order valence-corrected chi connectivity index (χ3v) is 6.72. The van der Waals surface area contributed by atoms with Gasteiger partial charge in [-0.2, -0.15) is 0 Å². The van der Waals surface area contributed by atoms with Gasteiger partial charge in [0, 0.05) is 28.7 Å². The van der Waals surface area contributed by atoms with E-state index < -0.39 is 0 Å². The van der Waals surface area contributed by atoms with Gasteiger partial charge in [0.25, 0.3) is 0 Å². The number of aryl methyl sites for hydroxylation is 1. The van der Waals surface area contributed by atoms with Gasteiger partial charge in [-0.15, -0.1) is 0 Å². The Morgan fingerprint density at radius 2 is 1.70 bits per heavy atom. The van der Waals surface area contributed by atoms with Crippen LogP contribution in [0.3, 0.4) is 0 Å². The molecule has 2 aromatic carbocycles. The fraction of sp³-hybridized carbons (Fsp3) is 0.259. The molecule has 0 spiro atoms. The quantitative estimate of drug-likeness (QED) is 0.311. The van der Waals surface area contributed by atoms with E-state index in [0.717, 1.165) is 33.0 Å². The number of nitrogens with zero attached hydrogens (tertiary/aromatic N) is 2. The molecule has 3 heteroatoms. The van der Waals surface area contributed by atoms with E-state index in [4.69, 9.17) is 9.40 Å². The maximum Gasteiger partial charge on any atom is 0.227 e. The Labute approximate surface area is 175 Å². The van der Waals surface area contributed by atoms with Gasteiger partial charge in [-0.1, -0.05) is 61.7 Å². The summed E-state index contributed by atoms with van der Waals surface area (Å²) in [6.45, 7) is 2.13. The Kier molecular flexibility index (Phi) is 4.08. The van der Waals surface area contributed by atoms with Gasteiger partial charge < -0.3 is 4.42 Å². The monoisotopic (exact) mass is 392 g/mol. The van der Waals surface area contributed by atoms with Crippen LogP contribution in [0.2, 0.25) is 0 Å². The lowest BCUT2D eigenvalue weighted by molar-refractivity contribution is 0.443. The van der Waals surface area contributed by atoms with Gasteiger partial charge in [-0.25, -0.2) is 4.98 Å². The van der Waals surface area contributed by atoms with Crippen molar-refractivity contribution in [3.63, 3.8) is 0 Å². The lowest BCUT2D eigenvalue weighted by Crippen LogP contribution is -2.04. The second kappa shape index (κ2) is 6.94. The van der Waals surface area contributed by atoms with Crippen LogP contribution < -0.4 is 0 Å². The summed E-state index contributed by atoms with van der Waals surface area (Å²) in [5.41, 5.74) is 6.16. The van der Waals surface area contributed by atoms with Crippen molar-refractivity contribution >= 4 is 32.8 Å². The number of aromatic nitrogens is 2. The molecule has 1 saturated carbocycles. The van der Waals surface area contributed by atoms with Crippen molar-refractivity contribution < 1.29 is 4.42 Å². The molecule has 0 unspecified atom stereocenters. The van der Waals surface area contributed by atoms with Gasteiger partial charge in [-0.05, 0) is 48.3 Å². The van der Waals surface area contributed by atoms with Gasteiger partial charge in [-0.3, -0.25) is 4.98 Å². The highest BCUT2D eigenvalue weighted by Crippen LogP contribution is 2.40. The van der Waals surface area contributed by atoms with E-state index in [-0.39, 0.29) is 0 Å². The first-order valence-corrected chi connectivity index (χ1v) is 11.0. The molecule has 6 rings (SSSR count). The molecular formula is C27H24N2O. The summed E-state index contributed by atoms with van der Waals surface area (Å²) in [6.07, 6.45) is 10.6. The van der Waals surface area contributed by atoms with E-state index in [9.17, 15) is 0 Å². The van der Waals surface area contributed by atoms with Crippen LogP contribution in [0, 0.1) is 6.92 Å². The number of rotatable bonds is 2. The summed E-state index contributed by atoms with van der Waals surface area (Å²) in [4.78, 5) is 9.49. The molecule has 0 radical (unpaired) electrons. The highest BCUT2D eigenvalue weighted by Gasteiger charge is 2.19. The molecule has 148 valence electrons. The molecule has 0 amide bonds. The van der Waals surface area contributed by atoms with Crippen LogP contribution in [0.1, 0.15) is 49.1 Å². The van der Waals surface area contributed by atoms with Crippen LogP contribution in [-0.2, 0) is 0 Å². The molecule has 0 saturated heterocycles. The molecule has 0 N–H and O–H groups in total. The number of hydrogen-bond acceptors (Lipinski definition) is 3. The van der Waals surface area contributed by atoms with Gasteiger partial charge in [0.1, 0.15) is 5.58 Å². The molecular weight excluding hydrogens is 368 g/mol. The van der Waals surface area contributed by atoms with Crippen LogP contribution in [0.4, 0.5) is 0 Å². The molecule has 1 fully saturated rings. The third kappa shape index (κ3) is 2.72. The third-order valence-electron chi connectivity index (χ3n) is 6.72. The predicted octanol–water partition coefficient (Wildman–Crippen LogP) is 7.55. The Morgan fingerprint density at radius 1 is 0.833 bits per heavy atom. The molecule has 3 heterocycles. The Hall–Kier alpha value is -3.20. The minimum atomic E-state index is 0.666. The van der Waals surface area contributed by atoms with Crippen molar-refractivity contribution in [2.45, 2.75) is 44.9 Å². The molecule has 1 aliphatic rings. The fourth-order valence-electron chi connectivity index (χ4n) is 5.11. The zero-order valence-corrected chi connectivity index (χ0v) is 17.2. The van der Waals surface area contributed by atoms with Crippen LogP contribution in [0.25, 0.3) is 44.1 Å². The standard InChI is InChI=1S/C27H24N2O/c1-17-11-13-22-25-21-10-6-5-9-20(21)16-29-27(25)30-26(22)24(17)23-14-12-19(15-28-23)18-7-3-2-4-8-18/h5-6,9-16,18H,2-4,7-8H2,1H3. The Bertz CT molecular complexity index is 1380. The number of fused-ring (bicyclic) bond motifs is 5. The zero-order chi connectivity index (χ0) is 20.1. The summed E-state index contributed by atoms with van der Waals surface area (Å²) in [5, 5.41) is 4.50. The summed E-state index contributed by atoms with van der Waals surface area (Å²) < 4.78 is 6.32. The van der Waals surface area contributed by atoms with Crippen LogP contribution in [0.5, 0.6) is 0 Å². The number of pyridine rings is 2. The molecule has 0 atom stereocenters. The number of benzene rings is 2. The number of hydrogen-bond donors (Lipinski definition) is 0. The average molecular weight is 393 g/mol. The highest BCUT2D eigenvalue weighted by molar-refractivity contribution is 6.19. The van der Waals surface area contributed by atoms with Crippen LogP contribution >= 0.6 is 0 Å². The van der Waals surface area contributed by atoms with E-state index in [0.29, 0.717) is 11.6 Å². The van der Waals surface area contributed by atoms with Gasteiger partial charge >= 0.3 is 0 Å². The molecule has 0 aliphatic heterocycles. The van der Waals surface area contributed by atoms with E-state index in [2.05, 4.69) is 60.6 Å². The Balaban J connectivity index is 1.54. The second-order valence-corrected chi connectivity index (χ2v) is 8.57. The summed E-state index contributed by atoms with van der Waals surface area (Å²) >= 11 is 0. The van der Waals surface area contributed by atoms with Gasteiger partial charge in [0.2, 0.25) is 5.71 Å². The summed E-state index contributed by atoms with van der Waals surface area (Å²) in [6, 6.07) is 17.1. The zero-order valence-electron chi connectivity index (χ0n) is 17.2. The minimum Gasteiger partial charge on any atom is -0.437 e. The lowest BCUT2D eigenvalue weighted by Gasteiger charge is -2.21. The van der Waals surface area contributed by atoms with Crippen molar-refractivity contribution in [3.05, 3.63) is 72.1 Å². The van der Waals surface area contributed by atoms with Crippen molar-refractivity contribution in [2.24, 2.45) is 0 Å². The molecule has 0 bridgehead atoms. The highest BCUT2D eigenvalue weighted by atomic mass is 16.3. The van der Waals surface area contributed by atoms with E-state index in [1.807, 2.05) is 12.3 Å². The van der Waals surface area contributed by atoms with E-state index in [1.54, 1.807) is 0 Å². The largest absolute Gasteiger partial charge is 0.437 e. The van der Waals surface area contributed by atoms with E-state index in [1.165, 1.54) is 48.6 Å². The number of furan rings is 1. The van der Waals surface area contributed by atoms with Crippen LogP contribution in [0.15, 0.2) is 65.3 Å². The van der Waals surface area contributed by atoms with Gasteiger partial charge in [0.15, 0.2) is 0 Å². The molecule has 3 nitrogen and oxygen atoms in total. The Morgan fingerprint density at radius 3 is 2.53 bits per heavy atom. The first-order chi connectivity index (χ1) is 14.8. The molecule has 30 heavy (non-hydrogen) atoms. The van der Waals surface area contributed by atoms with Crippen molar-refractivity contribution in [2.75, 3.05) is 0 Å². The topological polar surface area (TPSA) is 38.9 Å². The lowest BCUT2D eigenvalue weighted by atomic mass is 9.84. The van der Waals surface area contributed by atoms with Gasteiger partial charge in [0.05, 0.1) is 11.1 Å². The second-order valence-electron chi connectivity index (χ2n) is 8.57. The summed E-state index contributed by atoms with van der Waals surface area (Å²) in [5.74, 6) is 0.666. The summed E-state index contributed by atoms with van der Waals surface area (Å²) in [7, 11) is 0. The van der Waals surface area contributed by atoms with Crippen molar-refractivity contribution in [3.8, 4) is 11.3 Å².